The summed E-state index contributed by atoms with van der Waals surface area (Å²) in [7, 11) is 1.43. The van der Waals surface area contributed by atoms with Gasteiger partial charge < -0.3 is 39.7 Å². The van der Waals surface area contributed by atoms with Crippen LogP contribution in [0.15, 0.2) is 60.7 Å². The first-order valence-electron chi connectivity index (χ1n) is 12.7. The summed E-state index contributed by atoms with van der Waals surface area (Å²) in [6, 6.07) is 14.4. The Morgan fingerprint density at radius 3 is 1.98 bits per heavy atom. The number of hydrogen-bond acceptors (Lipinski definition) is 10. The van der Waals surface area contributed by atoms with Crippen LogP contribution < -0.4 is 14.2 Å². The van der Waals surface area contributed by atoms with E-state index >= 15 is 0 Å². The summed E-state index contributed by atoms with van der Waals surface area (Å²) < 4.78 is 17.8. The van der Waals surface area contributed by atoms with Gasteiger partial charge >= 0.3 is 0 Å². The maximum Gasteiger partial charge on any atom is 0.174 e. The van der Waals surface area contributed by atoms with Gasteiger partial charge in [0.25, 0.3) is 0 Å². The summed E-state index contributed by atoms with van der Waals surface area (Å²) in [5.74, 6) is -1.94. The van der Waals surface area contributed by atoms with Crippen molar-refractivity contribution in [2.45, 2.75) is 25.0 Å². The van der Waals surface area contributed by atoms with Crippen LogP contribution in [0.2, 0.25) is 0 Å². The highest BCUT2D eigenvalue weighted by atomic mass is 16.5. The zero-order chi connectivity index (χ0) is 29.0. The SMILES string of the molecule is COc1ccc([C@@H]2CC(=O)c3c(O)cc(O)cc3O2)cc1-c1c(O)cc(O)c2c1O[C@H](c1ccc(O)cc1)CC2=O. The molecule has 5 N–H and O–H groups in total. The van der Waals surface area contributed by atoms with Crippen LogP contribution in [0.4, 0.5) is 0 Å². The van der Waals surface area contributed by atoms with Crippen molar-refractivity contribution in [3.8, 4) is 57.1 Å². The number of ether oxygens (including phenoxy) is 3. The number of fused-ring (bicyclic) bond motifs is 2. The molecule has 0 aliphatic carbocycles. The van der Waals surface area contributed by atoms with Crippen LogP contribution in [-0.2, 0) is 0 Å². The van der Waals surface area contributed by atoms with Crippen molar-refractivity contribution in [1.82, 2.24) is 0 Å². The third-order valence-corrected chi connectivity index (χ3v) is 7.26. The number of phenolic OH excluding ortho intramolecular Hbond substituents is 5. The molecule has 0 bridgehead atoms. The lowest BCUT2D eigenvalue weighted by Gasteiger charge is -2.29. The third kappa shape index (κ3) is 4.39. The number of hydrogen-bond donors (Lipinski definition) is 5. The Morgan fingerprint density at radius 1 is 0.659 bits per heavy atom. The fraction of sp³-hybridized carbons (Fsp3) is 0.161. The van der Waals surface area contributed by atoms with Gasteiger partial charge in [-0.25, -0.2) is 0 Å². The lowest BCUT2D eigenvalue weighted by molar-refractivity contribution is 0.0834. The molecule has 0 saturated carbocycles. The van der Waals surface area contributed by atoms with Crippen LogP contribution in [0, 0.1) is 0 Å². The Morgan fingerprint density at radius 2 is 1.27 bits per heavy atom. The third-order valence-electron chi connectivity index (χ3n) is 7.26. The molecule has 4 aromatic rings. The van der Waals surface area contributed by atoms with Crippen LogP contribution in [0.3, 0.4) is 0 Å². The van der Waals surface area contributed by atoms with Crippen LogP contribution in [0.25, 0.3) is 11.1 Å². The van der Waals surface area contributed by atoms with Gasteiger partial charge in [0, 0.05) is 23.8 Å². The number of carbonyl (C=O) groups excluding carboxylic acids is 2. The van der Waals surface area contributed by atoms with Crippen LogP contribution in [-0.4, -0.2) is 44.2 Å². The van der Waals surface area contributed by atoms with E-state index in [0.717, 1.165) is 12.1 Å². The van der Waals surface area contributed by atoms with E-state index in [9.17, 15) is 35.1 Å². The first-order valence-corrected chi connectivity index (χ1v) is 12.7. The van der Waals surface area contributed by atoms with Crippen LogP contribution >= 0.6 is 0 Å². The summed E-state index contributed by atoms with van der Waals surface area (Å²) in [6.45, 7) is 0. The molecule has 2 aliphatic rings. The highest BCUT2D eigenvalue weighted by Gasteiger charge is 2.36. The molecule has 2 heterocycles. The molecule has 6 rings (SSSR count). The van der Waals surface area contributed by atoms with Crippen LogP contribution in [0.1, 0.15) is 56.9 Å². The number of benzene rings is 4. The van der Waals surface area contributed by atoms with Gasteiger partial charge in [0.1, 0.15) is 69.3 Å². The van der Waals surface area contributed by atoms with E-state index in [1.165, 1.54) is 25.3 Å². The highest BCUT2D eigenvalue weighted by molar-refractivity contribution is 6.06. The summed E-state index contributed by atoms with van der Waals surface area (Å²) in [5, 5.41) is 51.4. The molecule has 0 saturated heterocycles. The average Bonchev–Trinajstić information content (AvgIpc) is 2.92. The van der Waals surface area contributed by atoms with E-state index in [0.29, 0.717) is 22.4 Å². The first kappa shape index (κ1) is 25.9. The number of aromatic hydroxyl groups is 5. The fourth-order valence-electron chi connectivity index (χ4n) is 5.34. The Hall–Kier alpha value is -5.38. The summed E-state index contributed by atoms with van der Waals surface area (Å²) in [6.07, 6.45) is -1.78. The molecule has 0 aromatic heterocycles. The van der Waals surface area contributed by atoms with Crippen molar-refractivity contribution >= 4 is 11.6 Å². The van der Waals surface area contributed by atoms with Crippen molar-refractivity contribution in [2.24, 2.45) is 0 Å². The molecule has 0 amide bonds. The van der Waals surface area contributed by atoms with E-state index in [4.69, 9.17) is 14.2 Å². The lowest BCUT2D eigenvalue weighted by Crippen LogP contribution is -2.21. The molecule has 0 fully saturated rings. The van der Waals surface area contributed by atoms with E-state index in [-0.39, 0.29) is 69.8 Å². The van der Waals surface area contributed by atoms with Crippen molar-refractivity contribution in [3.05, 3.63) is 82.9 Å². The minimum absolute atomic E-state index is 0.0229. The number of rotatable bonds is 4. The minimum Gasteiger partial charge on any atom is -0.508 e. The van der Waals surface area contributed by atoms with Gasteiger partial charge in [-0.1, -0.05) is 18.2 Å². The maximum absolute atomic E-state index is 13.2. The van der Waals surface area contributed by atoms with Crippen LogP contribution in [0.5, 0.6) is 46.0 Å². The molecule has 2 aliphatic heterocycles. The Bertz CT molecular complexity index is 1720. The number of ketones is 2. The van der Waals surface area contributed by atoms with Crippen molar-refractivity contribution in [2.75, 3.05) is 7.11 Å². The van der Waals surface area contributed by atoms with Gasteiger partial charge in [-0.3, -0.25) is 9.59 Å². The van der Waals surface area contributed by atoms with Gasteiger partial charge in [-0.15, -0.1) is 0 Å². The van der Waals surface area contributed by atoms with Gasteiger partial charge in [0.2, 0.25) is 0 Å². The topological polar surface area (TPSA) is 163 Å². The predicted molar refractivity (Wildman–Crippen MR) is 144 cm³/mol. The molecular formula is C31H24O10. The molecule has 2 atom stereocenters. The summed E-state index contributed by atoms with van der Waals surface area (Å²) in [5.41, 5.74) is 1.39. The second-order valence-corrected chi connectivity index (χ2v) is 9.85. The maximum atomic E-state index is 13.2. The molecule has 41 heavy (non-hydrogen) atoms. The van der Waals surface area contributed by atoms with Crippen molar-refractivity contribution < 1.29 is 49.3 Å². The Balaban J connectivity index is 1.47. The molecule has 0 radical (unpaired) electrons. The second-order valence-electron chi connectivity index (χ2n) is 9.85. The van der Waals surface area contributed by atoms with Gasteiger partial charge in [0.15, 0.2) is 11.6 Å². The van der Waals surface area contributed by atoms with Gasteiger partial charge in [0.05, 0.1) is 25.5 Å². The number of Topliss-reactive ketones (excluding diaryl/α,β-unsaturated/α-hetero) is 2. The van der Waals surface area contributed by atoms with Gasteiger partial charge in [-0.2, -0.15) is 0 Å². The molecule has 208 valence electrons. The smallest absolute Gasteiger partial charge is 0.174 e. The molecule has 10 nitrogen and oxygen atoms in total. The van der Waals surface area contributed by atoms with E-state index in [1.54, 1.807) is 30.3 Å². The normalized spacial score (nSPS) is 17.7. The molecule has 0 unspecified atom stereocenters. The molecule has 10 heteroatoms. The van der Waals surface area contributed by atoms with Gasteiger partial charge in [-0.05, 0) is 35.4 Å². The predicted octanol–water partition coefficient (Wildman–Crippen LogP) is 5.30. The largest absolute Gasteiger partial charge is 0.508 e. The van der Waals surface area contributed by atoms with Crippen molar-refractivity contribution in [1.29, 1.82) is 0 Å². The van der Waals surface area contributed by atoms with Crippen molar-refractivity contribution in [3.63, 3.8) is 0 Å². The summed E-state index contributed by atoms with van der Waals surface area (Å²) in [4.78, 5) is 26.1. The number of phenols is 5. The van der Waals surface area contributed by atoms with E-state index in [1.807, 2.05) is 0 Å². The number of methoxy groups -OCH3 is 1. The highest BCUT2D eigenvalue weighted by Crippen LogP contribution is 2.52. The lowest BCUT2D eigenvalue weighted by atomic mass is 9.89. The standard InChI is InChI=1S/C31H24O10/c1-39-24-7-4-15(26-12-22(37)29-19(34)9-17(33)10-27(29)40-26)8-18(24)28-20(35)11-21(36)30-23(38)13-25(41-31(28)30)14-2-5-16(32)6-3-14/h2-11,25-26,32-36H,12-13H2,1H3/t25-,26-/m0/s1. The summed E-state index contributed by atoms with van der Waals surface area (Å²) >= 11 is 0. The zero-order valence-corrected chi connectivity index (χ0v) is 21.6. The Labute approximate surface area is 233 Å². The monoisotopic (exact) mass is 556 g/mol. The molecule has 0 spiro atoms. The second kappa shape index (κ2) is 9.67. The first-order chi connectivity index (χ1) is 19.6. The fourth-order valence-corrected chi connectivity index (χ4v) is 5.34. The number of carbonyl (C=O) groups is 2. The quantitative estimate of drug-likeness (QED) is 0.223. The minimum atomic E-state index is -0.816. The Kier molecular flexibility index (Phi) is 6.10. The zero-order valence-electron chi connectivity index (χ0n) is 21.6. The van der Waals surface area contributed by atoms with E-state index in [2.05, 4.69) is 0 Å². The van der Waals surface area contributed by atoms with E-state index < -0.39 is 23.7 Å². The molecule has 4 aromatic carbocycles. The molecular weight excluding hydrogens is 532 g/mol. The average molecular weight is 557 g/mol.